The maximum Gasteiger partial charge on any atom is 0.258 e. The zero-order valence-electron chi connectivity index (χ0n) is 11.3. The molecule has 106 valence electrons. The third-order valence-electron chi connectivity index (χ3n) is 2.98. The second kappa shape index (κ2) is 6.05. The first-order chi connectivity index (χ1) is 9.49. The molecule has 0 aliphatic rings. The van der Waals surface area contributed by atoms with Gasteiger partial charge in [-0.15, -0.1) is 11.3 Å². The Bertz CT molecular complexity index is 596. The number of thiophene rings is 1. The van der Waals surface area contributed by atoms with Gasteiger partial charge >= 0.3 is 0 Å². The van der Waals surface area contributed by atoms with Crippen molar-refractivity contribution in [1.29, 1.82) is 0 Å². The summed E-state index contributed by atoms with van der Waals surface area (Å²) in [6, 6.07) is 7.22. The number of carbonyl (C=O) groups excluding carboxylic acids is 1. The SMILES string of the molecule is CC(C)N(Cc1cccs1)C(=O)c1cc(F)ccc1O. The van der Waals surface area contributed by atoms with Crippen LogP contribution in [0.1, 0.15) is 29.1 Å². The molecule has 2 aromatic rings. The molecule has 0 aliphatic carbocycles. The highest BCUT2D eigenvalue weighted by Crippen LogP contribution is 2.23. The molecule has 0 fully saturated rings. The zero-order valence-corrected chi connectivity index (χ0v) is 12.2. The van der Waals surface area contributed by atoms with Crippen molar-refractivity contribution in [2.45, 2.75) is 26.4 Å². The highest BCUT2D eigenvalue weighted by Gasteiger charge is 2.22. The van der Waals surface area contributed by atoms with Crippen LogP contribution in [0.15, 0.2) is 35.7 Å². The van der Waals surface area contributed by atoms with E-state index in [1.54, 1.807) is 16.2 Å². The number of carbonyl (C=O) groups is 1. The maximum atomic E-state index is 13.3. The number of aromatic hydroxyl groups is 1. The van der Waals surface area contributed by atoms with Crippen molar-refractivity contribution >= 4 is 17.2 Å². The van der Waals surface area contributed by atoms with E-state index in [9.17, 15) is 14.3 Å². The van der Waals surface area contributed by atoms with Crippen LogP contribution in [0.25, 0.3) is 0 Å². The quantitative estimate of drug-likeness (QED) is 0.935. The molecule has 1 aromatic heterocycles. The largest absolute Gasteiger partial charge is 0.507 e. The summed E-state index contributed by atoms with van der Waals surface area (Å²) in [7, 11) is 0. The number of rotatable bonds is 4. The van der Waals surface area contributed by atoms with Gasteiger partial charge < -0.3 is 10.0 Å². The number of benzene rings is 1. The summed E-state index contributed by atoms with van der Waals surface area (Å²) in [4.78, 5) is 15.1. The predicted octanol–water partition coefficient (Wildman–Crippen LogP) is 3.64. The number of hydrogen-bond acceptors (Lipinski definition) is 3. The Morgan fingerprint density at radius 1 is 1.40 bits per heavy atom. The molecule has 0 aliphatic heterocycles. The van der Waals surface area contributed by atoms with Crippen LogP contribution < -0.4 is 0 Å². The van der Waals surface area contributed by atoms with Crippen molar-refractivity contribution < 1.29 is 14.3 Å². The molecule has 0 atom stereocenters. The van der Waals surface area contributed by atoms with Crippen molar-refractivity contribution in [2.75, 3.05) is 0 Å². The van der Waals surface area contributed by atoms with Gasteiger partial charge in [0, 0.05) is 10.9 Å². The second-order valence-corrected chi connectivity index (χ2v) is 5.80. The van der Waals surface area contributed by atoms with Crippen molar-refractivity contribution in [1.82, 2.24) is 4.90 Å². The highest BCUT2D eigenvalue weighted by molar-refractivity contribution is 7.09. The van der Waals surface area contributed by atoms with E-state index in [0.29, 0.717) is 6.54 Å². The normalized spacial score (nSPS) is 10.8. The Kier molecular flexibility index (Phi) is 4.39. The Morgan fingerprint density at radius 3 is 2.75 bits per heavy atom. The van der Waals surface area contributed by atoms with Crippen LogP contribution in [-0.2, 0) is 6.54 Å². The number of hydrogen-bond donors (Lipinski definition) is 1. The summed E-state index contributed by atoms with van der Waals surface area (Å²) in [5.74, 6) is -1.11. The average Bonchev–Trinajstić information content (AvgIpc) is 2.90. The lowest BCUT2D eigenvalue weighted by molar-refractivity contribution is 0.0689. The molecule has 1 amide bonds. The van der Waals surface area contributed by atoms with E-state index in [4.69, 9.17) is 0 Å². The lowest BCUT2D eigenvalue weighted by Crippen LogP contribution is -2.36. The summed E-state index contributed by atoms with van der Waals surface area (Å²) in [6.45, 7) is 4.23. The van der Waals surface area contributed by atoms with E-state index in [-0.39, 0.29) is 23.3 Å². The fraction of sp³-hybridized carbons (Fsp3) is 0.267. The van der Waals surface area contributed by atoms with Gasteiger partial charge in [0.05, 0.1) is 12.1 Å². The average molecular weight is 293 g/mol. The third kappa shape index (κ3) is 3.17. The van der Waals surface area contributed by atoms with Gasteiger partial charge in [0.15, 0.2) is 0 Å². The molecule has 1 heterocycles. The van der Waals surface area contributed by atoms with Gasteiger partial charge in [-0.2, -0.15) is 0 Å². The monoisotopic (exact) mass is 293 g/mol. The van der Waals surface area contributed by atoms with E-state index in [0.717, 1.165) is 17.0 Å². The van der Waals surface area contributed by atoms with Gasteiger partial charge in [-0.3, -0.25) is 4.79 Å². The molecule has 2 rings (SSSR count). The topological polar surface area (TPSA) is 40.5 Å². The minimum Gasteiger partial charge on any atom is -0.507 e. The molecule has 20 heavy (non-hydrogen) atoms. The fourth-order valence-corrected chi connectivity index (χ4v) is 2.60. The lowest BCUT2D eigenvalue weighted by atomic mass is 10.1. The Labute approximate surface area is 121 Å². The third-order valence-corrected chi connectivity index (χ3v) is 3.84. The minimum absolute atomic E-state index is 0.00439. The van der Waals surface area contributed by atoms with Crippen LogP contribution in [-0.4, -0.2) is 22.0 Å². The van der Waals surface area contributed by atoms with Gasteiger partial charge in [-0.25, -0.2) is 4.39 Å². The first kappa shape index (κ1) is 14.5. The Hall–Kier alpha value is -1.88. The summed E-state index contributed by atoms with van der Waals surface area (Å²) in [5, 5.41) is 11.7. The van der Waals surface area contributed by atoms with Crippen LogP contribution in [0.3, 0.4) is 0 Å². The Morgan fingerprint density at radius 2 is 2.15 bits per heavy atom. The van der Waals surface area contributed by atoms with E-state index >= 15 is 0 Å². The standard InChI is InChI=1S/C15H16FNO2S/c1-10(2)17(9-12-4-3-7-20-12)15(19)13-8-11(16)5-6-14(13)18/h3-8,10,18H,9H2,1-2H3. The van der Waals surface area contributed by atoms with Crippen LogP contribution in [0.4, 0.5) is 4.39 Å². The smallest absolute Gasteiger partial charge is 0.258 e. The molecule has 1 aromatic carbocycles. The summed E-state index contributed by atoms with van der Waals surface area (Å²) in [5.41, 5.74) is -0.00439. The molecular weight excluding hydrogens is 277 g/mol. The first-order valence-corrected chi connectivity index (χ1v) is 7.19. The zero-order chi connectivity index (χ0) is 14.7. The van der Waals surface area contributed by atoms with Gasteiger partial charge in [-0.1, -0.05) is 6.07 Å². The molecule has 0 radical (unpaired) electrons. The number of halogens is 1. The summed E-state index contributed by atoms with van der Waals surface area (Å²) < 4.78 is 13.3. The van der Waals surface area contributed by atoms with Crippen LogP contribution in [0, 0.1) is 5.82 Å². The summed E-state index contributed by atoms with van der Waals surface area (Å²) >= 11 is 1.56. The number of amides is 1. The molecule has 0 saturated carbocycles. The molecule has 1 N–H and O–H groups in total. The minimum atomic E-state index is -0.536. The van der Waals surface area contributed by atoms with Gasteiger partial charge in [-0.05, 0) is 43.5 Å². The maximum absolute atomic E-state index is 13.3. The van der Waals surface area contributed by atoms with Crippen LogP contribution >= 0.6 is 11.3 Å². The molecule has 0 bridgehead atoms. The van der Waals surface area contributed by atoms with Crippen molar-refractivity contribution in [3.05, 3.63) is 52.0 Å². The molecule has 5 heteroatoms. The van der Waals surface area contributed by atoms with E-state index in [1.807, 2.05) is 31.4 Å². The lowest BCUT2D eigenvalue weighted by Gasteiger charge is -2.26. The van der Waals surface area contributed by atoms with Crippen molar-refractivity contribution in [3.63, 3.8) is 0 Å². The van der Waals surface area contributed by atoms with Crippen molar-refractivity contribution in [3.8, 4) is 5.75 Å². The van der Waals surface area contributed by atoms with Gasteiger partial charge in [0.2, 0.25) is 0 Å². The predicted molar refractivity (Wildman–Crippen MR) is 77.4 cm³/mol. The second-order valence-electron chi connectivity index (χ2n) is 4.77. The molecule has 0 unspecified atom stereocenters. The molecule has 0 spiro atoms. The van der Waals surface area contributed by atoms with Gasteiger partial charge in [0.1, 0.15) is 11.6 Å². The fourth-order valence-electron chi connectivity index (χ4n) is 1.89. The first-order valence-electron chi connectivity index (χ1n) is 6.31. The number of nitrogens with zero attached hydrogens (tertiary/aromatic N) is 1. The molecule has 3 nitrogen and oxygen atoms in total. The number of phenols is 1. The molecular formula is C15H16FNO2S. The van der Waals surface area contributed by atoms with Crippen LogP contribution in [0.5, 0.6) is 5.75 Å². The van der Waals surface area contributed by atoms with Gasteiger partial charge in [0.25, 0.3) is 5.91 Å². The van der Waals surface area contributed by atoms with E-state index < -0.39 is 5.82 Å². The molecule has 0 saturated heterocycles. The van der Waals surface area contributed by atoms with Crippen molar-refractivity contribution in [2.24, 2.45) is 0 Å². The van der Waals surface area contributed by atoms with E-state index in [1.165, 1.54) is 6.07 Å². The summed E-state index contributed by atoms with van der Waals surface area (Å²) in [6.07, 6.45) is 0. The highest BCUT2D eigenvalue weighted by atomic mass is 32.1. The Balaban J connectivity index is 2.29. The number of phenolic OH excluding ortho intramolecular Hbond substituents is 1. The van der Waals surface area contributed by atoms with E-state index in [2.05, 4.69) is 0 Å². The van der Waals surface area contributed by atoms with Crippen LogP contribution in [0.2, 0.25) is 0 Å².